The fraction of sp³-hybridized carbons (Fsp3) is 0.500. The molecule has 0 aliphatic carbocycles. The van der Waals surface area contributed by atoms with Crippen molar-refractivity contribution >= 4 is 5.91 Å². The molecule has 1 atom stereocenters. The van der Waals surface area contributed by atoms with Crippen molar-refractivity contribution < 1.29 is 9.53 Å². The van der Waals surface area contributed by atoms with Gasteiger partial charge >= 0.3 is 0 Å². The van der Waals surface area contributed by atoms with Gasteiger partial charge in [-0.1, -0.05) is 30.3 Å². The van der Waals surface area contributed by atoms with E-state index in [1.807, 2.05) is 37.3 Å². The van der Waals surface area contributed by atoms with Crippen molar-refractivity contribution in [3.8, 4) is 0 Å². The standard InChI is InChI=1S/C14H22N2O2/c1-12(15)10-14(17)16-8-5-9-18-11-13-6-3-2-4-7-13/h2-4,6-7,12H,5,8-11,15H2,1H3,(H,16,17). The molecule has 0 spiro atoms. The molecule has 0 aliphatic rings. The molecular weight excluding hydrogens is 228 g/mol. The molecule has 0 saturated heterocycles. The van der Waals surface area contributed by atoms with Gasteiger partial charge in [-0.05, 0) is 18.9 Å². The Morgan fingerprint density at radius 1 is 1.39 bits per heavy atom. The van der Waals surface area contributed by atoms with Gasteiger partial charge in [0.1, 0.15) is 0 Å². The number of amides is 1. The number of hydrogen-bond acceptors (Lipinski definition) is 3. The summed E-state index contributed by atoms with van der Waals surface area (Å²) in [5.41, 5.74) is 6.69. The molecule has 4 nitrogen and oxygen atoms in total. The van der Waals surface area contributed by atoms with Crippen LogP contribution < -0.4 is 11.1 Å². The second kappa shape index (κ2) is 8.66. The molecule has 18 heavy (non-hydrogen) atoms. The van der Waals surface area contributed by atoms with Crippen molar-refractivity contribution in [2.75, 3.05) is 13.2 Å². The largest absolute Gasteiger partial charge is 0.377 e. The summed E-state index contributed by atoms with van der Waals surface area (Å²) in [7, 11) is 0. The lowest BCUT2D eigenvalue weighted by Gasteiger charge is -2.07. The fourth-order valence-corrected chi connectivity index (χ4v) is 1.53. The lowest BCUT2D eigenvalue weighted by molar-refractivity contribution is -0.121. The van der Waals surface area contributed by atoms with Crippen LogP contribution >= 0.6 is 0 Å². The van der Waals surface area contributed by atoms with Gasteiger partial charge in [-0.3, -0.25) is 4.79 Å². The second-order valence-electron chi connectivity index (χ2n) is 4.42. The van der Waals surface area contributed by atoms with E-state index in [1.165, 1.54) is 5.56 Å². The van der Waals surface area contributed by atoms with Crippen LogP contribution in [0, 0.1) is 0 Å². The lowest BCUT2D eigenvalue weighted by Crippen LogP contribution is -2.30. The SMILES string of the molecule is CC(N)CC(=O)NCCCOCc1ccccc1. The maximum atomic E-state index is 11.3. The van der Waals surface area contributed by atoms with Gasteiger partial charge in [-0.15, -0.1) is 0 Å². The maximum absolute atomic E-state index is 11.3. The molecule has 0 saturated carbocycles. The first-order valence-electron chi connectivity index (χ1n) is 6.32. The minimum Gasteiger partial charge on any atom is -0.377 e. The van der Waals surface area contributed by atoms with Gasteiger partial charge in [0.15, 0.2) is 0 Å². The highest BCUT2D eigenvalue weighted by Crippen LogP contribution is 2.00. The molecule has 4 heteroatoms. The smallest absolute Gasteiger partial charge is 0.221 e. The molecule has 1 unspecified atom stereocenters. The number of benzene rings is 1. The number of nitrogens with two attached hydrogens (primary N) is 1. The van der Waals surface area contributed by atoms with E-state index in [-0.39, 0.29) is 11.9 Å². The van der Waals surface area contributed by atoms with Crippen molar-refractivity contribution in [1.82, 2.24) is 5.32 Å². The highest BCUT2D eigenvalue weighted by Gasteiger charge is 2.03. The van der Waals surface area contributed by atoms with Crippen LogP contribution in [-0.4, -0.2) is 25.1 Å². The molecule has 0 bridgehead atoms. The number of carbonyl (C=O) groups excluding carboxylic acids is 1. The van der Waals surface area contributed by atoms with Gasteiger partial charge in [0.05, 0.1) is 6.61 Å². The summed E-state index contributed by atoms with van der Waals surface area (Å²) in [6.07, 6.45) is 1.20. The summed E-state index contributed by atoms with van der Waals surface area (Å²) < 4.78 is 5.51. The van der Waals surface area contributed by atoms with E-state index < -0.39 is 0 Å². The van der Waals surface area contributed by atoms with E-state index in [1.54, 1.807) is 0 Å². The van der Waals surface area contributed by atoms with Gasteiger partial charge in [-0.25, -0.2) is 0 Å². The predicted molar refractivity (Wildman–Crippen MR) is 72.0 cm³/mol. The first kappa shape index (κ1) is 14.7. The normalized spacial score (nSPS) is 12.1. The van der Waals surface area contributed by atoms with Crippen LogP contribution in [0.2, 0.25) is 0 Å². The molecule has 100 valence electrons. The summed E-state index contributed by atoms with van der Waals surface area (Å²) in [4.78, 5) is 11.3. The highest BCUT2D eigenvalue weighted by molar-refractivity contribution is 5.76. The van der Waals surface area contributed by atoms with E-state index in [2.05, 4.69) is 5.32 Å². The summed E-state index contributed by atoms with van der Waals surface area (Å²) in [5, 5.41) is 2.81. The molecule has 1 aromatic carbocycles. The third kappa shape index (κ3) is 7.04. The molecule has 1 amide bonds. The minimum absolute atomic E-state index is 0.00746. The molecule has 0 aromatic heterocycles. The average molecular weight is 250 g/mol. The van der Waals surface area contributed by atoms with E-state index >= 15 is 0 Å². The van der Waals surface area contributed by atoms with Crippen molar-refractivity contribution in [1.29, 1.82) is 0 Å². The van der Waals surface area contributed by atoms with Crippen LogP contribution in [-0.2, 0) is 16.1 Å². The Morgan fingerprint density at radius 3 is 2.78 bits per heavy atom. The third-order valence-electron chi connectivity index (χ3n) is 2.41. The van der Waals surface area contributed by atoms with E-state index in [0.717, 1.165) is 6.42 Å². The monoisotopic (exact) mass is 250 g/mol. The van der Waals surface area contributed by atoms with Crippen molar-refractivity contribution in [2.45, 2.75) is 32.4 Å². The van der Waals surface area contributed by atoms with Crippen LogP contribution in [0.15, 0.2) is 30.3 Å². The Morgan fingerprint density at radius 2 is 2.11 bits per heavy atom. The summed E-state index contributed by atoms with van der Waals surface area (Å²) in [5.74, 6) is 0.00746. The van der Waals surface area contributed by atoms with Gasteiger partial charge in [0.2, 0.25) is 5.91 Å². The maximum Gasteiger partial charge on any atom is 0.221 e. The van der Waals surface area contributed by atoms with Crippen molar-refractivity contribution in [3.63, 3.8) is 0 Å². The lowest BCUT2D eigenvalue weighted by atomic mass is 10.2. The number of hydrogen-bond donors (Lipinski definition) is 2. The van der Waals surface area contributed by atoms with Crippen LogP contribution in [0.4, 0.5) is 0 Å². The average Bonchev–Trinajstić information content (AvgIpc) is 2.34. The summed E-state index contributed by atoms with van der Waals surface area (Å²) in [6, 6.07) is 9.95. The Bertz CT molecular complexity index is 339. The molecule has 0 heterocycles. The van der Waals surface area contributed by atoms with E-state index in [4.69, 9.17) is 10.5 Å². The molecule has 1 aromatic rings. The third-order valence-corrected chi connectivity index (χ3v) is 2.41. The quantitative estimate of drug-likeness (QED) is 0.686. The van der Waals surface area contributed by atoms with Crippen LogP contribution in [0.3, 0.4) is 0 Å². The van der Waals surface area contributed by atoms with Gasteiger partial charge < -0.3 is 15.8 Å². The zero-order valence-electron chi connectivity index (χ0n) is 10.9. The van der Waals surface area contributed by atoms with Crippen LogP contribution in [0.5, 0.6) is 0 Å². The topological polar surface area (TPSA) is 64.4 Å². The first-order valence-corrected chi connectivity index (χ1v) is 6.32. The number of rotatable bonds is 8. The zero-order valence-corrected chi connectivity index (χ0v) is 10.9. The molecule has 0 radical (unpaired) electrons. The van der Waals surface area contributed by atoms with Crippen molar-refractivity contribution in [2.24, 2.45) is 5.73 Å². The molecule has 0 aliphatic heterocycles. The Labute approximate surface area is 109 Å². The molecule has 3 N–H and O–H groups in total. The van der Waals surface area contributed by atoms with Crippen molar-refractivity contribution in [3.05, 3.63) is 35.9 Å². The van der Waals surface area contributed by atoms with Gasteiger partial charge in [0.25, 0.3) is 0 Å². The number of nitrogens with one attached hydrogen (secondary N) is 1. The zero-order chi connectivity index (χ0) is 13.2. The minimum atomic E-state index is -0.0840. The summed E-state index contributed by atoms with van der Waals surface area (Å²) in [6.45, 7) is 3.73. The van der Waals surface area contributed by atoms with E-state index in [9.17, 15) is 4.79 Å². The van der Waals surface area contributed by atoms with E-state index in [0.29, 0.717) is 26.2 Å². The Kier molecular flexibility index (Phi) is 7.06. The first-order chi connectivity index (χ1) is 8.68. The molecule has 1 rings (SSSR count). The number of carbonyl (C=O) groups is 1. The molecular formula is C14H22N2O2. The van der Waals surface area contributed by atoms with Gasteiger partial charge in [0, 0.05) is 25.6 Å². The van der Waals surface area contributed by atoms with Crippen LogP contribution in [0.1, 0.15) is 25.3 Å². The molecule has 0 fully saturated rings. The van der Waals surface area contributed by atoms with Gasteiger partial charge in [-0.2, -0.15) is 0 Å². The highest BCUT2D eigenvalue weighted by atomic mass is 16.5. The van der Waals surface area contributed by atoms with Crippen LogP contribution in [0.25, 0.3) is 0 Å². The Hall–Kier alpha value is -1.39. The fourth-order valence-electron chi connectivity index (χ4n) is 1.53. The Balaban J connectivity index is 1.98. The number of ether oxygens (including phenoxy) is 1. The summed E-state index contributed by atoms with van der Waals surface area (Å²) >= 11 is 0. The second-order valence-corrected chi connectivity index (χ2v) is 4.42. The predicted octanol–water partition coefficient (Wildman–Crippen LogP) is 1.45.